The number of hydrogen-bond donors (Lipinski definition) is 1. The van der Waals surface area contributed by atoms with E-state index in [1.807, 2.05) is 48.5 Å². The fourth-order valence-electron chi connectivity index (χ4n) is 3.32. The fraction of sp³-hybridized carbons (Fsp3) is 0.154. The number of rotatable bonds is 7. The zero-order valence-electron chi connectivity index (χ0n) is 17.6. The summed E-state index contributed by atoms with van der Waals surface area (Å²) >= 11 is 5.55. The van der Waals surface area contributed by atoms with Crippen LogP contribution in [0.15, 0.2) is 78.4 Å². The molecule has 0 aromatic heterocycles. The summed E-state index contributed by atoms with van der Waals surface area (Å²) in [6.45, 7) is 6.27. The molecule has 1 atom stereocenters. The van der Waals surface area contributed by atoms with E-state index < -0.39 is 12.0 Å². The van der Waals surface area contributed by atoms with Gasteiger partial charge in [-0.25, -0.2) is 0 Å². The topological polar surface area (TPSA) is 79.2 Å². The third kappa shape index (κ3) is 5.14. The summed E-state index contributed by atoms with van der Waals surface area (Å²) in [5.41, 5.74) is 3.14. The van der Waals surface area contributed by atoms with Gasteiger partial charge < -0.3 is 10.1 Å². The van der Waals surface area contributed by atoms with Crippen molar-refractivity contribution < 1.29 is 14.3 Å². The van der Waals surface area contributed by atoms with Crippen LogP contribution >= 0.6 is 12.2 Å². The van der Waals surface area contributed by atoms with E-state index in [0.29, 0.717) is 40.3 Å². The number of ether oxygens (including phenoxy) is 1. The Morgan fingerprint density at radius 2 is 1.91 bits per heavy atom. The molecular weight excluding hydrogens is 420 g/mol. The van der Waals surface area contributed by atoms with Crippen molar-refractivity contribution in [2.75, 3.05) is 6.61 Å². The molecule has 0 radical (unpaired) electrons. The van der Waals surface area contributed by atoms with Crippen molar-refractivity contribution in [3.8, 4) is 6.07 Å². The first-order valence-electron chi connectivity index (χ1n) is 10.1. The zero-order valence-corrected chi connectivity index (χ0v) is 18.4. The maximum Gasteiger partial charge on any atom is 0.262 e. The maximum absolute atomic E-state index is 12.6. The predicted octanol–water partition coefficient (Wildman–Crippen LogP) is 4.21. The zero-order chi connectivity index (χ0) is 23.1. The van der Waals surface area contributed by atoms with Gasteiger partial charge in [0, 0.05) is 24.3 Å². The van der Waals surface area contributed by atoms with Gasteiger partial charge in [0.05, 0.1) is 4.86 Å². The summed E-state index contributed by atoms with van der Waals surface area (Å²) in [6, 6.07) is 18.7. The van der Waals surface area contributed by atoms with E-state index in [1.165, 1.54) is 6.08 Å². The molecule has 160 valence electrons. The molecule has 0 fully saturated rings. The highest BCUT2D eigenvalue weighted by Crippen LogP contribution is 2.30. The minimum Gasteiger partial charge on any atom is -0.365 e. The smallest absolute Gasteiger partial charge is 0.262 e. The Bertz CT molecular complexity index is 1170. The number of amides is 1. The van der Waals surface area contributed by atoms with E-state index in [2.05, 4.69) is 11.9 Å². The van der Waals surface area contributed by atoms with Gasteiger partial charge in [-0.05, 0) is 35.8 Å². The Morgan fingerprint density at radius 3 is 2.59 bits per heavy atom. The van der Waals surface area contributed by atoms with E-state index in [-0.39, 0.29) is 11.4 Å². The van der Waals surface area contributed by atoms with Crippen LogP contribution in [0, 0.1) is 11.3 Å². The summed E-state index contributed by atoms with van der Waals surface area (Å²) in [6.07, 6.45) is 2.28. The molecule has 1 aliphatic rings. The number of carbonyl (C=O) groups is 2. The molecule has 0 saturated heterocycles. The number of nitrogens with one attached hydrogen (secondary N) is 1. The van der Waals surface area contributed by atoms with Crippen molar-refractivity contribution in [3.05, 3.63) is 95.1 Å². The lowest BCUT2D eigenvalue weighted by Crippen LogP contribution is -2.36. The highest BCUT2D eigenvalue weighted by Gasteiger charge is 2.32. The van der Waals surface area contributed by atoms with Crippen LogP contribution in [0.25, 0.3) is 11.6 Å². The monoisotopic (exact) mass is 442 g/mol. The molecule has 5 nitrogen and oxygen atoms in total. The summed E-state index contributed by atoms with van der Waals surface area (Å²) in [5, 5.41) is 12.4. The number of benzene rings is 2. The molecule has 0 spiro atoms. The third-order valence-corrected chi connectivity index (χ3v) is 5.36. The first-order valence-corrected chi connectivity index (χ1v) is 10.5. The van der Waals surface area contributed by atoms with Crippen LogP contribution in [0.3, 0.4) is 0 Å². The van der Waals surface area contributed by atoms with Gasteiger partial charge in [-0.2, -0.15) is 5.26 Å². The van der Waals surface area contributed by atoms with Crippen molar-refractivity contribution in [2.24, 2.45) is 0 Å². The minimum atomic E-state index is -0.871. The highest BCUT2D eigenvalue weighted by molar-refractivity contribution is 7.81. The molecule has 1 aliphatic carbocycles. The number of nitrogens with zero attached hydrogens (tertiary/aromatic N) is 1. The van der Waals surface area contributed by atoms with E-state index in [4.69, 9.17) is 17.0 Å². The van der Waals surface area contributed by atoms with Gasteiger partial charge in [0.15, 0.2) is 11.9 Å². The molecule has 0 bridgehead atoms. The van der Waals surface area contributed by atoms with Crippen molar-refractivity contribution in [3.63, 3.8) is 0 Å². The highest BCUT2D eigenvalue weighted by atomic mass is 32.1. The number of carbonyl (C=O) groups excluding carboxylic acids is 2. The van der Waals surface area contributed by atoms with E-state index in [0.717, 1.165) is 5.56 Å². The van der Waals surface area contributed by atoms with Gasteiger partial charge in [0.2, 0.25) is 0 Å². The number of nitriles is 1. The molecule has 2 aromatic rings. The summed E-state index contributed by atoms with van der Waals surface area (Å²) in [7, 11) is 0. The van der Waals surface area contributed by atoms with Crippen LogP contribution in [0.1, 0.15) is 23.6 Å². The molecular formula is C26H22N2O3S. The molecule has 1 unspecified atom stereocenters. The van der Waals surface area contributed by atoms with Gasteiger partial charge in [-0.3, -0.25) is 9.59 Å². The lowest BCUT2D eigenvalue weighted by molar-refractivity contribution is -0.122. The Labute approximate surface area is 192 Å². The number of thiocarbonyl (C=S) groups is 1. The minimum absolute atomic E-state index is 0.0352. The van der Waals surface area contributed by atoms with Gasteiger partial charge in [0.1, 0.15) is 11.6 Å². The molecule has 6 heteroatoms. The predicted molar refractivity (Wildman–Crippen MR) is 128 cm³/mol. The molecule has 2 aromatic carbocycles. The van der Waals surface area contributed by atoms with Crippen LogP contribution < -0.4 is 5.32 Å². The fourth-order valence-corrected chi connectivity index (χ4v) is 3.66. The molecule has 1 N–H and O–H groups in total. The number of hydrogen-bond acceptors (Lipinski definition) is 5. The first-order chi connectivity index (χ1) is 15.5. The van der Waals surface area contributed by atoms with Gasteiger partial charge in [-0.15, -0.1) is 0 Å². The van der Waals surface area contributed by atoms with Gasteiger partial charge in [0.25, 0.3) is 5.91 Å². The van der Waals surface area contributed by atoms with E-state index in [1.54, 1.807) is 25.1 Å². The second-order valence-corrected chi connectivity index (χ2v) is 7.51. The average molecular weight is 443 g/mol. The molecule has 0 aliphatic heterocycles. The lowest BCUT2D eigenvalue weighted by Gasteiger charge is -2.25. The Morgan fingerprint density at radius 1 is 1.22 bits per heavy atom. The number of allylic oxidation sites excluding steroid dienone is 1. The van der Waals surface area contributed by atoms with Crippen LogP contribution in [-0.4, -0.2) is 29.3 Å². The molecule has 0 saturated carbocycles. The molecule has 0 heterocycles. The Balaban J connectivity index is 1.92. The van der Waals surface area contributed by atoms with E-state index >= 15 is 0 Å². The van der Waals surface area contributed by atoms with E-state index in [9.17, 15) is 14.9 Å². The van der Waals surface area contributed by atoms with Crippen molar-refractivity contribution in [2.45, 2.75) is 19.6 Å². The second-order valence-electron chi connectivity index (χ2n) is 7.07. The Hall–Kier alpha value is -3.66. The summed E-state index contributed by atoms with van der Waals surface area (Å²) < 4.78 is 5.56. The van der Waals surface area contributed by atoms with Crippen molar-refractivity contribution in [1.29, 1.82) is 5.26 Å². The van der Waals surface area contributed by atoms with Crippen LogP contribution in [-0.2, 0) is 20.9 Å². The maximum atomic E-state index is 12.6. The normalized spacial score (nSPS) is 16.4. The molecule has 3 rings (SSSR count). The van der Waals surface area contributed by atoms with Gasteiger partial charge >= 0.3 is 0 Å². The standard InChI is InChI=1S/C26H22N2O3S/c1-3-31-24-23(29)17(2)13-22(25(24)32)21-12-8-7-11-19(21)14-20(15-27)26(30)28-16-18-9-5-4-6-10-18/h4-14,24H,2-3,16H2,1H3,(H,28,30). The van der Waals surface area contributed by atoms with Crippen molar-refractivity contribution in [1.82, 2.24) is 5.32 Å². The lowest BCUT2D eigenvalue weighted by atomic mass is 9.86. The SMILES string of the molecule is C=C1C=C(c2ccccc2C=C(C#N)C(=O)NCc2ccccc2)C(=S)C(OCC)C1=O. The van der Waals surface area contributed by atoms with Crippen LogP contribution in [0.2, 0.25) is 0 Å². The first kappa shape index (κ1) is 23.0. The average Bonchev–Trinajstić information content (AvgIpc) is 2.82. The second kappa shape index (κ2) is 10.6. The van der Waals surface area contributed by atoms with Crippen LogP contribution in [0.5, 0.6) is 0 Å². The number of Topliss-reactive ketones (excluding diaryl/α,β-unsaturated/α-hetero) is 1. The summed E-state index contributed by atoms with van der Waals surface area (Å²) in [5.74, 6) is -0.732. The van der Waals surface area contributed by atoms with Crippen molar-refractivity contribution >= 4 is 40.4 Å². The van der Waals surface area contributed by atoms with Gasteiger partial charge in [-0.1, -0.05) is 73.4 Å². The molecule has 32 heavy (non-hydrogen) atoms. The van der Waals surface area contributed by atoms with Crippen LogP contribution in [0.4, 0.5) is 0 Å². The third-order valence-electron chi connectivity index (χ3n) is 4.92. The largest absolute Gasteiger partial charge is 0.365 e. The molecule has 1 amide bonds. The Kier molecular flexibility index (Phi) is 7.61. The quantitative estimate of drug-likeness (QED) is 0.395. The number of ketones is 1. The summed E-state index contributed by atoms with van der Waals surface area (Å²) in [4.78, 5) is 25.4.